The van der Waals surface area contributed by atoms with Crippen LogP contribution in [0.15, 0.2) is 42.6 Å². The minimum Gasteiger partial charge on any atom is -0.497 e. The normalized spacial score (nSPS) is 12.7. The van der Waals surface area contributed by atoms with Crippen LogP contribution in [0, 0.1) is 5.92 Å². The van der Waals surface area contributed by atoms with Crippen LogP contribution in [0.5, 0.6) is 5.75 Å². The molecule has 2 rings (SSSR count). The molecule has 1 aromatic carbocycles. The Morgan fingerprint density at radius 1 is 1.12 bits per heavy atom. The highest BCUT2D eigenvalue weighted by Gasteiger charge is 2.15. The standard InChI is InChI=1S/C21H32N2O3/c1-17(2)12-22(15-20(24)16-25-3)14-19-8-6-10-23(19)13-18-7-5-9-21(11-18)26-4/h5-11,17,20,24H,12-16H2,1-4H3/t20-/m0/s1. The fourth-order valence-electron chi connectivity index (χ4n) is 3.21. The van der Waals surface area contributed by atoms with E-state index in [9.17, 15) is 5.11 Å². The van der Waals surface area contributed by atoms with Crippen LogP contribution >= 0.6 is 0 Å². The molecule has 0 unspecified atom stereocenters. The number of rotatable bonds is 11. The number of benzene rings is 1. The molecule has 0 radical (unpaired) electrons. The zero-order valence-electron chi connectivity index (χ0n) is 16.4. The van der Waals surface area contributed by atoms with Gasteiger partial charge in [-0.25, -0.2) is 0 Å². The first-order valence-corrected chi connectivity index (χ1v) is 9.18. The molecule has 1 atom stereocenters. The van der Waals surface area contributed by atoms with Crippen molar-refractivity contribution in [3.05, 3.63) is 53.9 Å². The summed E-state index contributed by atoms with van der Waals surface area (Å²) in [4.78, 5) is 2.30. The molecule has 5 heteroatoms. The SMILES string of the molecule is COC[C@@H](O)CN(Cc1cccn1Cc1cccc(OC)c1)CC(C)C. The molecule has 1 aromatic heterocycles. The van der Waals surface area contributed by atoms with Crippen molar-refractivity contribution in [1.29, 1.82) is 0 Å². The van der Waals surface area contributed by atoms with Gasteiger partial charge in [0, 0.05) is 45.2 Å². The highest BCUT2D eigenvalue weighted by molar-refractivity contribution is 5.29. The van der Waals surface area contributed by atoms with Crippen LogP contribution in [-0.2, 0) is 17.8 Å². The maximum atomic E-state index is 10.1. The molecule has 0 aliphatic rings. The first-order valence-electron chi connectivity index (χ1n) is 9.18. The second kappa shape index (κ2) is 10.4. The van der Waals surface area contributed by atoms with Gasteiger partial charge in [-0.05, 0) is 35.7 Å². The van der Waals surface area contributed by atoms with E-state index in [1.54, 1.807) is 14.2 Å². The molecular formula is C21H32N2O3. The molecule has 0 aliphatic carbocycles. The predicted octanol–water partition coefficient (Wildman–Crippen LogP) is 3.01. The Kier molecular flexibility index (Phi) is 8.16. The van der Waals surface area contributed by atoms with Crippen LogP contribution in [0.2, 0.25) is 0 Å². The first kappa shape index (κ1) is 20.5. The zero-order chi connectivity index (χ0) is 18.9. The van der Waals surface area contributed by atoms with E-state index in [4.69, 9.17) is 9.47 Å². The van der Waals surface area contributed by atoms with Crippen molar-refractivity contribution in [2.75, 3.05) is 33.9 Å². The van der Waals surface area contributed by atoms with Gasteiger partial charge >= 0.3 is 0 Å². The monoisotopic (exact) mass is 360 g/mol. The van der Waals surface area contributed by atoms with Crippen molar-refractivity contribution >= 4 is 0 Å². The minimum atomic E-state index is -0.472. The summed E-state index contributed by atoms with van der Waals surface area (Å²) >= 11 is 0. The molecular weight excluding hydrogens is 328 g/mol. The lowest BCUT2D eigenvalue weighted by Crippen LogP contribution is -2.37. The second-order valence-corrected chi connectivity index (χ2v) is 7.18. The summed E-state index contributed by atoms with van der Waals surface area (Å²) in [6.45, 7) is 7.91. The van der Waals surface area contributed by atoms with Gasteiger partial charge in [0.2, 0.25) is 0 Å². The van der Waals surface area contributed by atoms with Crippen molar-refractivity contribution in [3.8, 4) is 5.75 Å². The van der Waals surface area contributed by atoms with Gasteiger partial charge < -0.3 is 19.1 Å². The molecule has 0 bridgehead atoms. The second-order valence-electron chi connectivity index (χ2n) is 7.18. The van der Waals surface area contributed by atoms with E-state index in [1.807, 2.05) is 12.1 Å². The van der Waals surface area contributed by atoms with E-state index < -0.39 is 6.10 Å². The van der Waals surface area contributed by atoms with Crippen LogP contribution in [0.4, 0.5) is 0 Å². The molecule has 0 saturated carbocycles. The number of nitrogens with zero attached hydrogens (tertiary/aromatic N) is 2. The van der Waals surface area contributed by atoms with E-state index in [2.05, 4.69) is 53.8 Å². The average Bonchev–Trinajstić information content (AvgIpc) is 3.01. The number of methoxy groups -OCH3 is 2. The average molecular weight is 360 g/mol. The number of hydrogen-bond acceptors (Lipinski definition) is 4. The Balaban J connectivity index is 2.08. The number of aromatic nitrogens is 1. The largest absolute Gasteiger partial charge is 0.497 e. The smallest absolute Gasteiger partial charge is 0.119 e. The van der Waals surface area contributed by atoms with Crippen LogP contribution in [-0.4, -0.2) is 54.6 Å². The predicted molar refractivity (Wildman–Crippen MR) is 105 cm³/mol. The fourth-order valence-corrected chi connectivity index (χ4v) is 3.21. The van der Waals surface area contributed by atoms with Crippen LogP contribution < -0.4 is 4.74 Å². The Hall–Kier alpha value is -1.82. The third-order valence-electron chi connectivity index (χ3n) is 4.25. The quantitative estimate of drug-likeness (QED) is 0.669. The number of ether oxygens (including phenoxy) is 2. The molecule has 0 amide bonds. The van der Waals surface area contributed by atoms with Gasteiger partial charge in [-0.1, -0.05) is 26.0 Å². The summed E-state index contributed by atoms with van der Waals surface area (Å²) in [5.41, 5.74) is 2.44. The lowest BCUT2D eigenvalue weighted by Gasteiger charge is -2.27. The summed E-state index contributed by atoms with van der Waals surface area (Å²) in [6, 6.07) is 12.4. The van der Waals surface area contributed by atoms with Crippen molar-refractivity contribution < 1.29 is 14.6 Å². The lowest BCUT2D eigenvalue weighted by molar-refractivity contribution is 0.0326. The van der Waals surface area contributed by atoms with Gasteiger partial charge in [-0.2, -0.15) is 0 Å². The van der Waals surface area contributed by atoms with Crippen molar-refractivity contribution in [1.82, 2.24) is 9.47 Å². The molecule has 0 aliphatic heterocycles. The van der Waals surface area contributed by atoms with Crippen LogP contribution in [0.25, 0.3) is 0 Å². The maximum absolute atomic E-state index is 10.1. The topological polar surface area (TPSA) is 46.9 Å². The van der Waals surface area contributed by atoms with Gasteiger partial charge in [0.25, 0.3) is 0 Å². The van der Waals surface area contributed by atoms with Gasteiger partial charge in [0.1, 0.15) is 5.75 Å². The summed E-state index contributed by atoms with van der Waals surface area (Å²) in [5, 5.41) is 10.1. The zero-order valence-corrected chi connectivity index (χ0v) is 16.4. The third kappa shape index (κ3) is 6.48. The van der Waals surface area contributed by atoms with E-state index in [0.717, 1.165) is 25.4 Å². The van der Waals surface area contributed by atoms with Gasteiger partial charge in [-0.15, -0.1) is 0 Å². The Bertz CT molecular complexity index is 654. The van der Waals surface area contributed by atoms with E-state index >= 15 is 0 Å². The van der Waals surface area contributed by atoms with Crippen molar-refractivity contribution in [2.45, 2.75) is 33.0 Å². The highest BCUT2D eigenvalue weighted by atomic mass is 16.5. The summed E-state index contributed by atoms with van der Waals surface area (Å²) in [6.07, 6.45) is 1.63. The minimum absolute atomic E-state index is 0.361. The molecule has 1 N–H and O–H groups in total. The van der Waals surface area contributed by atoms with Crippen molar-refractivity contribution in [3.63, 3.8) is 0 Å². The maximum Gasteiger partial charge on any atom is 0.119 e. The molecule has 26 heavy (non-hydrogen) atoms. The molecule has 144 valence electrons. The molecule has 0 saturated heterocycles. The van der Waals surface area contributed by atoms with Gasteiger partial charge in [-0.3, -0.25) is 4.90 Å². The van der Waals surface area contributed by atoms with Crippen LogP contribution in [0.1, 0.15) is 25.1 Å². The van der Waals surface area contributed by atoms with Gasteiger partial charge in [0.05, 0.1) is 19.8 Å². The number of aliphatic hydroxyl groups excluding tert-OH is 1. The number of aliphatic hydroxyl groups is 1. The summed E-state index contributed by atoms with van der Waals surface area (Å²) in [5.74, 6) is 1.41. The molecule has 5 nitrogen and oxygen atoms in total. The molecule has 0 spiro atoms. The summed E-state index contributed by atoms with van der Waals surface area (Å²) < 4.78 is 12.7. The van der Waals surface area contributed by atoms with Gasteiger partial charge in [0.15, 0.2) is 0 Å². The fraction of sp³-hybridized carbons (Fsp3) is 0.524. The summed E-state index contributed by atoms with van der Waals surface area (Å²) in [7, 11) is 3.31. The molecule has 2 aromatic rings. The highest BCUT2D eigenvalue weighted by Crippen LogP contribution is 2.16. The lowest BCUT2D eigenvalue weighted by atomic mass is 10.2. The van der Waals surface area contributed by atoms with Crippen molar-refractivity contribution in [2.24, 2.45) is 5.92 Å². The Morgan fingerprint density at radius 2 is 1.92 bits per heavy atom. The molecule has 1 heterocycles. The van der Waals surface area contributed by atoms with E-state index in [-0.39, 0.29) is 0 Å². The first-order chi connectivity index (χ1) is 12.5. The van der Waals surface area contributed by atoms with E-state index in [0.29, 0.717) is 19.1 Å². The Labute approximate surface area is 157 Å². The Morgan fingerprint density at radius 3 is 2.62 bits per heavy atom. The molecule has 0 fully saturated rings. The van der Waals surface area contributed by atoms with Crippen LogP contribution in [0.3, 0.4) is 0 Å². The number of hydrogen-bond donors (Lipinski definition) is 1. The van der Waals surface area contributed by atoms with E-state index in [1.165, 1.54) is 11.3 Å². The third-order valence-corrected chi connectivity index (χ3v) is 4.25.